The molecule has 188 valence electrons. The Hall–Kier alpha value is -4.57. The lowest BCUT2D eigenvalue weighted by Gasteiger charge is -2.16. The van der Waals surface area contributed by atoms with Crippen LogP contribution < -0.4 is 25.7 Å². The Morgan fingerprint density at radius 1 is 1.03 bits per heavy atom. The zero-order valence-corrected chi connectivity index (χ0v) is 20.2. The molecule has 0 spiro atoms. The molecule has 1 unspecified atom stereocenters. The number of pyridine rings is 1. The second-order valence-electron chi connectivity index (χ2n) is 8.54. The van der Waals surface area contributed by atoms with E-state index in [0.717, 1.165) is 16.7 Å². The van der Waals surface area contributed by atoms with Gasteiger partial charge in [-0.3, -0.25) is 19.1 Å². The average Bonchev–Trinajstić information content (AvgIpc) is 3.39. The molecule has 2 aromatic heterocycles. The predicted octanol–water partition coefficient (Wildman–Crippen LogP) is 3.43. The van der Waals surface area contributed by atoms with Crippen LogP contribution in [0, 0.1) is 5.82 Å². The van der Waals surface area contributed by atoms with Crippen LogP contribution in [-0.2, 0) is 11.3 Å². The third-order valence-corrected chi connectivity index (χ3v) is 6.10. The Morgan fingerprint density at radius 2 is 1.78 bits per heavy atom. The minimum absolute atomic E-state index is 0.0992. The number of likely N-dealkylation sites (N-methyl/N-ethyl adjacent to an activating group) is 1. The monoisotopic (exact) mass is 501 g/mol. The normalized spacial score (nSPS) is 12.8. The molecular weight excluding hydrogens is 477 g/mol. The van der Waals surface area contributed by atoms with Gasteiger partial charge in [-0.25, -0.2) is 9.37 Å². The number of nitrogens with one attached hydrogen (secondary N) is 2. The third kappa shape index (κ3) is 5.05. The van der Waals surface area contributed by atoms with Crippen molar-refractivity contribution in [2.45, 2.75) is 19.5 Å². The molecule has 5 rings (SSSR count). The van der Waals surface area contributed by atoms with Crippen LogP contribution in [0.3, 0.4) is 0 Å². The summed E-state index contributed by atoms with van der Waals surface area (Å²) in [6, 6.07) is 12.8. The first-order chi connectivity index (χ1) is 17.9. The van der Waals surface area contributed by atoms with E-state index < -0.39 is 17.4 Å². The van der Waals surface area contributed by atoms with Gasteiger partial charge in [0, 0.05) is 23.5 Å². The lowest BCUT2D eigenvalue weighted by atomic mass is 10.1. The zero-order valence-electron chi connectivity index (χ0n) is 20.2. The number of carbonyl (C=O) groups excluding carboxylic acids is 1. The molecule has 3 heterocycles. The van der Waals surface area contributed by atoms with Gasteiger partial charge in [0.05, 0.1) is 24.5 Å². The van der Waals surface area contributed by atoms with Crippen molar-refractivity contribution in [2.75, 3.05) is 19.2 Å². The topological polar surface area (TPSA) is 107 Å². The molecule has 1 aliphatic heterocycles. The number of hydrogen-bond acceptors (Lipinski definition) is 7. The average molecular weight is 502 g/mol. The van der Waals surface area contributed by atoms with E-state index >= 15 is 0 Å². The van der Waals surface area contributed by atoms with E-state index in [-0.39, 0.29) is 25.1 Å². The molecule has 1 amide bonds. The van der Waals surface area contributed by atoms with Crippen molar-refractivity contribution in [1.29, 1.82) is 0 Å². The number of benzene rings is 2. The molecule has 1 atom stereocenters. The summed E-state index contributed by atoms with van der Waals surface area (Å²) in [6.45, 7) is 2.00. The summed E-state index contributed by atoms with van der Waals surface area (Å²) in [5.41, 5.74) is 3.04. The van der Waals surface area contributed by atoms with Crippen LogP contribution >= 0.6 is 0 Å². The lowest BCUT2D eigenvalue weighted by molar-refractivity contribution is -0.117. The minimum Gasteiger partial charge on any atom is -0.454 e. The number of halogens is 1. The quantitative estimate of drug-likeness (QED) is 0.400. The molecular formula is C27H24FN5O4. The van der Waals surface area contributed by atoms with E-state index in [1.54, 1.807) is 38.5 Å². The zero-order chi connectivity index (χ0) is 25.9. The van der Waals surface area contributed by atoms with Crippen LogP contribution in [-0.4, -0.2) is 40.3 Å². The van der Waals surface area contributed by atoms with Crippen LogP contribution in [0.1, 0.15) is 12.5 Å². The van der Waals surface area contributed by atoms with Crippen molar-refractivity contribution in [3.05, 3.63) is 88.9 Å². The molecule has 2 N–H and O–H groups in total. The van der Waals surface area contributed by atoms with Crippen molar-refractivity contribution >= 4 is 11.7 Å². The van der Waals surface area contributed by atoms with E-state index in [2.05, 4.69) is 20.6 Å². The Balaban J connectivity index is 1.54. The highest BCUT2D eigenvalue weighted by Gasteiger charge is 2.18. The van der Waals surface area contributed by atoms with E-state index in [4.69, 9.17) is 9.47 Å². The predicted molar refractivity (Wildman–Crippen MR) is 136 cm³/mol. The highest BCUT2D eigenvalue weighted by molar-refractivity contribution is 5.93. The molecule has 10 heteroatoms. The van der Waals surface area contributed by atoms with Gasteiger partial charge in [0.25, 0.3) is 5.56 Å². The summed E-state index contributed by atoms with van der Waals surface area (Å²) in [5.74, 6) is 0.457. The fourth-order valence-electron chi connectivity index (χ4n) is 3.93. The molecule has 4 aromatic rings. The second kappa shape index (κ2) is 10.2. The van der Waals surface area contributed by atoms with Gasteiger partial charge in [-0.1, -0.05) is 6.07 Å². The highest BCUT2D eigenvalue weighted by Crippen LogP contribution is 2.36. The number of ether oxygens (including phenoxy) is 2. The van der Waals surface area contributed by atoms with Gasteiger partial charge < -0.3 is 20.1 Å². The van der Waals surface area contributed by atoms with Gasteiger partial charge in [0.1, 0.15) is 5.82 Å². The number of amides is 1. The first kappa shape index (κ1) is 24.1. The molecule has 2 aromatic carbocycles. The van der Waals surface area contributed by atoms with Crippen LogP contribution in [0.2, 0.25) is 0 Å². The molecule has 0 radical (unpaired) electrons. The van der Waals surface area contributed by atoms with Crippen LogP contribution in [0.4, 0.5) is 10.2 Å². The highest BCUT2D eigenvalue weighted by atomic mass is 19.1. The summed E-state index contributed by atoms with van der Waals surface area (Å²) in [6.07, 6.45) is 4.88. The maximum absolute atomic E-state index is 13.6. The molecule has 9 nitrogen and oxygen atoms in total. The first-order valence-corrected chi connectivity index (χ1v) is 11.6. The molecule has 0 aliphatic carbocycles. The van der Waals surface area contributed by atoms with Gasteiger partial charge in [0.2, 0.25) is 12.7 Å². The Bertz CT molecular complexity index is 1520. The second-order valence-corrected chi connectivity index (χ2v) is 8.54. The summed E-state index contributed by atoms with van der Waals surface area (Å²) in [7, 11) is 1.65. The smallest absolute Gasteiger partial charge is 0.294 e. The Kier molecular flexibility index (Phi) is 6.65. The molecule has 0 fully saturated rings. The summed E-state index contributed by atoms with van der Waals surface area (Å²) < 4.78 is 25.9. The number of aromatic nitrogens is 3. The minimum atomic E-state index is -0.519. The van der Waals surface area contributed by atoms with Gasteiger partial charge >= 0.3 is 0 Å². The van der Waals surface area contributed by atoms with Gasteiger partial charge in [-0.15, -0.1) is 0 Å². The van der Waals surface area contributed by atoms with E-state index in [1.165, 1.54) is 22.9 Å². The molecule has 1 aliphatic rings. The van der Waals surface area contributed by atoms with Crippen LogP contribution in [0.15, 0.2) is 71.9 Å². The van der Waals surface area contributed by atoms with Crippen LogP contribution in [0.25, 0.3) is 22.4 Å². The van der Waals surface area contributed by atoms with Gasteiger partial charge in [0.15, 0.2) is 17.3 Å². The SMILES string of the molecule is CNC(C)C(=O)Nc1ncc(-c2ccc(F)cc2)n(Cc2cncc(-c3ccc4c(c3)OCO4)c2)c1=O. The first-order valence-electron chi connectivity index (χ1n) is 11.6. The van der Waals surface area contributed by atoms with Crippen molar-refractivity contribution < 1.29 is 18.7 Å². The van der Waals surface area contributed by atoms with Crippen molar-refractivity contribution in [3.63, 3.8) is 0 Å². The molecule has 0 bridgehead atoms. The van der Waals surface area contributed by atoms with E-state index in [9.17, 15) is 14.0 Å². The lowest BCUT2D eigenvalue weighted by Crippen LogP contribution is -2.38. The fraction of sp³-hybridized carbons (Fsp3) is 0.185. The Labute approximate surface area is 211 Å². The number of nitrogens with zero attached hydrogens (tertiary/aromatic N) is 3. The van der Waals surface area contributed by atoms with Crippen LogP contribution in [0.5, 0.6) is 11.5 Å². The van der Waals surface area contributed by atoms with Gasteiger partial charge in [-0.05, 0) is 67.6 Å². The van der Waals surface area contributed by atoms with E-state index in [1.807, 2.05) is 24.3 Å². The Morgan fingerprint density at radius 3 is 2.57 bits per heavy atom. The fourth-order valence-corrected chi connectivity index (χ4v) is 3.93. The van der Waals surface area contributed by atoms with Crippen molar-refractivity contribution in [2.24, 2.45) is 0 Å². The largest absolute Gasteiger partial charge is 0.454 e. The molecule has 0 saturated heterocycles. The van der Waals surface area contributed by atoms with Crippen molar-refractivity contribution in [1.82, 2.24) is 19.9 Å². The third-order valence-electron chi connectivity index (χ3n) is 6.10. The number of carbonyl (C=O) groups is 1. The number of hydrogen-bond donors (Lipinski definition) is 2. The van der Waals surface area contributed by atoms with Crippen molar-refractivity contribution in [3.8, 4) is 33.9 Å². The maximum Gasteiger partial charge on any atom is 0.294 e. The molecule has 37 heavy (non-hydrogen) atoms. The maximum atomic E-state index is 13.6. The summed E-state index contributed by atoms with van der Waals surface area (Å²) >= 11 is 0. The number of rotatable bonds is 7. The summed E-state index contributed by atoms with van der Waals surface area (Å²) in [5, 5.41) is 5.42. The van der Waals surface area contributed by atoms with E-state index in [0.29, 0.717) is 22.8 Å². The molecule has 0 saturated carbocycles. The number of fused-ring (bicyclic) bond motifs is 1. The summed E-state index contributed by atoms with van der Waals surface area (Å²) in [4.78, 5) is 34.5. The van der Waals surface area contributed by atoms with Gasteiger partial charge in [-0.2, -0.15) is 0 Å². The standard InChI is InChI=1S/C27H24FN5O4/c1-16(29-2)26(34)32-25-27(35)33(22(13-31-25)18-3-6-21(28)7-4-18)14-17-9-20(12-30-11-17)19-5-8-23-24(10-19)37-15-36-23/h3-13,16,29H,14-15H2,1-2H3,(H,31,32,34). The number of anilines is 1.